The minimum absolute atomic E-state index is 0.122. The number of carboxylic acids is 1. The Bertz CT molecular complexity index is 469. The lowest BCUT2D eigenvalue weighted by molar-refractivity contribution is -0.149. The van der Waals surface area contributed by atoms with E-state index >= 15 is 0 Å². The number of hydrogen-bond acceptors (Lipinski definition) is 2. The van der Waals surface area contributed by atoms with Gasteiger partial charge in [0.05, 0.1) is 5.69 Å². The van der Waals surface area contributed by atoms with Crippen LogP contribution in [-0.4, -0.2) is 22.0 Å². The summed E-state index contributed by atoms with van der Waals surface area (Å²) < 4.78 is 26.3. The Balaban J connectivity index is 2.38. The lowest BCUT2D eigenvalue weighted by Gasteiger charge is -2.36. The van der Waals surface area contributed by atoms with Crippen molar-refractivity contribution in [1.29, 1.82) is 0 Å². The van der Waals surface area contributed by atoms with E-state index in [-0.39, 0.29) is 18.5 Å². The van der Waals surface area contributed by atoms with Crippen LogP contribution in [0, 0.1) is 0 Å². The van der Waals surface area contributed by atoms with Gasteiger partial charge < -0.3 is 5.11 Å². The van der Waals surface area contributed by atoms with E-state index in [1.165, 1.54) is 18.3 Å². The Labute approximate surface area is 108 Å². The maximum atomic E-state index is 13.2. The molecule has 0 saturated heterocycles. The van der Waals surface area contributed by atoms with Crippen LogP contribution in [-0.2, 0) is 10.2 Å². The van der Waals surface area contributed by atoms with Crippen LogP contribution in [0.15, 0.2) is 18.3 Å². The van der Waals surface area contributed by atoms with Crippen molar-refractivity contribution in [2.24, 2.45) is 0 Å². The average molecular weight is 276 g/mol. The van der Waals surface area contributed by atoms with Crippen molar-refractivity contribution in [3.8, 4) is 0 Å². The second-order valence-corrected chi connectivity index (χ2v) is 5.04. The number of nitrogens with zero attached hydrogens (tertiary/aromatic N) is 1. The van der Waals surface area contributed by atoms with Gasteiger partial charge in [0.1, 0.15) is 5.41 Å². The molecule has 3 nitrogen and oxygen atoms in total. The molecule has 1 heterocycles. The standard InChI is InChI=1S/C12H12ClF2NO2/c13-8-1-6-16-9(7-8)11(10(17)18)2-4-12(14,15)5-3-11/h1,6-7H,2-5H2,(H,17,18). The van der Waals surface area contributed by atoms with E-state index < -0.39 is 30.1 Å². The SMILES string of the molecule is O=C(O)C1(c2cc(Cl)ccn2)CCC(F)(F)CC1. The predicted octanol–water partition coefficient (Wildman–Crippen LogP) is 3.27. The van der Waals surface area contributed by atoms with Crippen LogP contribution in [0.3, 0.4) is 0 Å². The molecule has 0 bridgehead atoms. The summed E-state index contributed by atoms with van der Waals surface area (Å²) in [6.07, 6.45) is 0.279. The van der Waals surface area contributed by atoms with Gasteiger partial charge in [-0.1, -0.05) is 11.6 Å². The third-order valence-electron chi connectivity index (χ3n) is 3.46. The van der Waals surface area contributed by atoms with Gasteiger partial charge in [-0.3, -0.25) is 9.78 Å². The van der Waals surface area contributed by atoms with Crippen molar-refractivity contribution in [2.45, 2.75) is 37.0 Å². The molecule has 6 heteroatoms. The highest BCUT2D eigenvalue weighted by Crippen LogP contribution is 2.45. The van der Waals surface area contributed by atoms with Crippen LogP contribution < -0.4 is 0 Å². The smallest absolute Gasteiger partial charge is 0.315 e. The molecule has 1 aromatic rings. The van der Waals surface area contributed by atoms with Gasteiger partial charge in [-0.05, 0) is 25.0 Å². The van der Waals surface area contributed by atoms with Crippen molar-refractivity contribution < 1.29 is 18.7 Å². The summed E-state index contributed by atoms with van der Waals surface area (Å²) in [4.78, 5) is 15.5. The Hall–Kier alpha value is -1.23. The molecule has 98 valence electrons. The Morgan fingerprint density at radius 2 is 1.94 bits per heavy atom. The van der Waals surface area contributed by atoms with Gasteiger partial charge in [0.25, 0.3) is 0 Å². The van der Waals surface area contributed by atoms with Crippen molar-refractivity contribution in [1.82, 2.24) is 4.98 Å². The molecule has 1 aromatic heterocycles. The zero-order valence-electron chi connectivity index (χ0n) is 9.50. The molecule has 0 unspecified atom stereocenters. The van der Waals surface area contributed by atoms with Gasteiger partial charge in [-0.25, -0.2) is 8.78 Å². The van der Waals surface area contributed by atoms with Gasteiger partial charge in [0.2, 0.25) is 5.92 Å². The first kappa shape index (κ1) is 13.2. The van der Waals surface area contributed by atoms with Crippen molar-refractivity contribution in [3.05, 3.63) is 29.0 Å². The zero-order valence-corrected chi connectivity index (χ0v) is 10.3. The summed E-state index contributed by atoms with van der Waals surface area (Å²) in [5.41, 5.74) is -1.08. The number of rotatable bonds is 2. The van der Waals surface area contributed by atoms with E-state index in [1.54, 1.807) is 0 Å². The van der Waals surface area contributed by atoms with Gasteiger partial charge >= 0.3 is 5.97 Å². The number of hydrogen-bond donors (Lipinski definition) is 1. The maximum Gasteiger partial charge on any atom is 0.315 e. The van der Waals surface area contributed by atoms with Crippen LogP contribution in [0.4, 0.5) is 8.78 Å². The molecule has 1 aliphatic carbocycles. The fourth-order valence-corrected chi connectivity index (χ4v) is 2.45. The fraction of sp³-hybridized carbons (Fsp3) is 0.500. The molecule has 0 aromatic carbocycles. The van der Waals surface area contributed by atoms with Crippen LogP contribution >= 0.6 is 11.6 Å². The van der Waals surface area contributed by atoms with Crippen LogP contribution in [0.25, 0.3) is 0 Å². The number of carboxylic acid groups (broad SMARTS) is 1. The monoisotopic (exact) mass is 275 g/mol. The minimum atomic E-state index is -2.78. The summed E-state index contributed by atoms with van der Waals surface area (Å²) >= 11 is 5.81. The lowest BCUT2D eigenvalue weighted by Crippen LogP contribution is -2.43. The van der Waals surface area contributed by atoms with E-state index in [1.807, 2.05) is 0 Å². The fourth-order valence-electron chi connectivity index (χ4n) is 2.29. The number of halogens is 3. The third-order valence-corrected chi connectivity index (χ3v) is 3.69. The molecule has 1 aliphatic rings. The van der Waals surface area contributed by atoms with Crippen molar-refractivity contribution in [2.75, 3.05) is 0 Å². The molecular weight excluding hydrogens is 264 g/mol. The third kappa shape index (κ3) is 2.32. The van der Waals surface area contributed by atoms with Gasteiger partial charge in [0.15, 0.2) is 0 Å². The first-order valence-electron chi connectivity index (χ1n) is 5.59. The lowest BCUT2D eigenvalue weighted by atomic mass is 9.70. The highest BCUT2D eigenvalue weighted by molar-refractivity contribution is 6.30. The Morgan fingerprint density at radius 1 is 1.33 bits per heavy atom. The van der Waals surface area contributed by atoms with E-state index in [0.29, 0.717) is 5.02 Å². The van der Waals surface area contributed by atoms with Gasteiger partial charge in [0, 0.05) is 24.1 Å². The van der Waals surface area contributed by atoms with Gasteiger partial charge in [-0.2, -0.15) is 0 Å². The molecule has 0 atom stereocenters. The molecule has 0 radical (unpaired) electrons. The summed E-state index contributed by atoms with van der Waals surface area (Å²) in [6, 6.07) is 2.97. The van der Waals surface area contributed by atoms with E-state index in [2.05, 4.69) is 4.98 Å². The van der Waals surface area contributed by atoms with Crippen LogP contribution in [0.1, 0.15) is 31.4 Å². The summed E-state index contributed by atoms with van der Waals surface area (Å²) in [6.45, 7) is 0. The quantitative estimate of drug-likeness (QED) is 0.901. The molecule has 1 N–H and O–H groups in total. The predicted molar refractivity (Wildman–Crippen MR) is 62.0 cm³/mol. The second-order valence-electron chi connectivity index (χ2n) is 4.60. The number of aliphatic carboxylic acids is 1. The largest absolute Gasteiger partial charge is 0.481 e. The molecule has 18 heavy (non-hydrogen) atoms. The summed E-state index contributed by atoms with van der Waals surface area (Å²) in [7, 11) is 0. The van der Waals surface area contributed by atoms with Crippen LogP contribution in [0.2, 0.25) is 5.02 Å². The molecule has 1 fully saturated rings. The normalized spacial score (nSPS) is 21.5. The molecule has 0 amide bonds. The van der Waals surface area contributed by atoms with E-state index in [0.717, 1.165) is 0 Å². The van der Waals surface area contributed by atoms with E-state index in [9.17, 15) is 18.7 Å². The number of carbonyl (C=O) groups is 1. The van der Waals surface area contributed by atoms with E-state index in [4.69, 9.17) is 11.6 Å². The molecular formula is C12H12ClF2NO2. The second kappa shape index (κ2) is 4.46. The summed E-state index contributed by atoms with van der Waals surface area (Å²) in [5.74, 6) is -3.90. The molecule has 0 aliphatic heterocycles. The molecule has 1 saturated carbocycles. The average Bonchev–Trinajstić information content (AvgIpc) is 2.29. The number of aromatic nitrogens is 1. The van der Waals surface area contributed by atoms with Gasteiger partial charge in [-0.15, -0.1) is 0 Å². The van der Waals surface area contributed by atoms with Crippen molar-refractivity contribution in [3.63, 3.8) is 0 Å². The molecule has 2 rings (SSSR count). The topological polar surface area (TPSA) is 50.2 Å². The minimum Gasteiger partial charge on any atom is -0.481 e. The maximum absolute atomic E-state index is 13.2. The highest BCUT2D eigenvalue weighted by atomic mass is 35.5. The van der Waals surface area contributed by atoms with Crippen LogP contribution in [0.5, 0.6) is 0 Å². The van der Waals surface area contributed by atoms with Crippen molar-refractivity contribution >= 4 is 17.6 Å². The first-order valence-corrected chi connectivity index (χ1v) is 5.97. The zero-order chi connectivity index (χ0) is 13.4. The molecule has 0 spiro atoms. The first-order chi connectivity index (χ1) is 8.36. The number of alkyl halides is 2. The summed E-state index contributed by atoms with van der Waals surface area (Å²) in [5, 5.41) is 9.73. The number of pyridine rings is 1. The highest BCUT2D eigenvalue weighted by Gasteiger charge is 2.50. The Morgan fingerprint density at radius 3 is 2.44 bits per heavy atom. The Kier molecular flexibility index (Phi) is 3.27.